The summed E-state index contributed by atoms with van der Waals surface area (Å²) in [5.41, 5.74) is 7.63. The Hall–Kier alpha value is -4.38. The molecule has 0 saturated carbocycles. The molecule has 6 rings (SSSR count). The highest BCUT2D eigenvalue weighted by atomic mass is 16.5. The molecule has 0 N–H and O–H groups in total. The molecule has 0 bridgehead atoms. The van der Waals surface area contributed by atoms with Crippen molar-refractivity contribution in [1.29, 1.82) is 0 Å². The number of hydrogen-bond donors (Lipinski definition) is 0. The Bertz CT molecular complexity index is 1360. The standard InChI is InChI=1S/C28H22N4O/c1-2-31-23-12-6-8-14-25(23)32(26-15-9-7-13-24(26)31)22-18-16-21(17-19-22)28-29-27(30-33-28)20-10-4-3-5-11-20/h3-19H,2H2,1H3. The molecule has 5 nitrogen and oxygen atoms in total. The smallest absolute Gasteiger partial charge is 0.258 e. The number of benzene rings is 4. The maximum atomic E-state index is 5.55. The second kappa shape index (κ2) is 7.95. The molecule has 0 fully saturated rings. The van der Waals surface area contributed by atoms with E-state index in [1.54, 1.807) is 0 Å². The second-order valence-electron chi connectivity index (χ2n) is 7.89. The number of nitrogens with zero attached hydrogens (tertiary/aromatic N) is 4. The molecule has 5 heteroatoms. The van der Waals surface area contributed by atoms with Crippen molar-refractivity contribution >= 4 is 28.4 Å². The monoisotopic (exact) mass is 430 g/mol. The lowest BCUT2D eigenvalue weighted by molar-refractivity contribution is 0.432. The molecule has 1 aliphatic heterocycles. The first kappa shape index (κ1) is 19.3. The normalized spacial score (nSPS) is 12.4. The molecule has 0 aliphatic carbocycles. The van der Waals surface area contributed by atoms with E-state index < -0.39 is 0 Å². The number of hydrogen-bond acceptors (Lipinski definition) is 5. The Morgan fingerprint density at radius 3 is 1.82 bits per heavy atom. The topological polar surface area (TPSA) is 45.4 Å². The third kappa shape index (κ3) is 3.26. The summed E-state index contributed by atoms with van der Waals surface area (Å²) in [5, 5.41) is 4.15. The van der Waals surface area contributed by atoms with Gasteiger partial charge in [-0.3, -0.25) is 0 Å². The van der Waals surface area contributed by atoms with Crippen molar-refractivity contribution in [3.63, 3.8) is 0 Å². The van der Waals surface area contributed by atoms with E-state index in [4.69, 9.17) is 4.52 Å². The van der Waals surface area contributed by atoms with Crippen molar-refractivity contribution < 1.29 is 4.52 Å². The van der Waals surface area contributed by atoms with Crippen LogP contribution in [0.2, 0.25) is 0 Å². The number of rotatable bonds is 4. The van der Waals surface area contributed by atoms with Gasteiger partial charge >= 0.3 is 0 Å². The molecule has 0 amide bonds. The van der Waals surface area contributed by atoms with Crippen molar-refractivity contribution in [2.24, 2.45) is 0 Å². The Kier molecular flexibility index (Phi) is 4.65. The van der Waals surface area contributed by atoms with Crippen molar-refractivity contribution in [2.45, 2.75) is 6.92 Å². The summed E-state index contributed by atoms with van der Waals surface area (Å²) < 4.78 is 5.55. The minimum absolute atomic E-state index is 0.511. The minimum atomic E-state index is 0.511. The highest BCUT2D eigenvalue weighted by Crippen LogP contribution is 2.50. The molecule has 2 heterocycles. The van der Waals surface area contributed by atoms with Crippen LogP contribution >= 0.6 is 0 Å². The SMILES string of the molecule is CCN1c2ccccc2N(c2ccc(-c3nc(-c4ccccc4)no3)cc2)c2ccccc21. The van der Waals surface area contributed by atoms with Gasteiger partial charge < -0.3 is 14.3 Å². The molecular weight excluding hydrogens is 408 g/mol. The fraction of sp³-hybridized carbons (Fsp3) is 0.0714. The van der Waals surface area contributed by atoms with Crippen LogP contribution in [0.25, 0.3) is 22.8 Å². The van der Waals surface area contributed by atoms with Crippen molar-refractivity contribution in [3.8, 4) is 22.8 Å². The predicted octanol–water partition coefficient (Wildman–Crippen LogP) is 7.34. The van der Waals surface area contributed by atoms with Gasteiger partial charge in [0.1, 0.15) is 0 Å². The van der Waals surface area contributed by atoms with Gasteiger partial charge in [0.05, 0.1) is 22.7 Å². The van der Waals surface area contributed by atoms with Gasteiger partial charge in [0.2, 0.25) is 5.82 Å². The van der Waals surface area contributed by atoms with E-state index in [2.05, 4.69) is 87.5 Å². The predicted molar refractivity (Wildman–Crippen MR) is 133 cm³/mol. The lowest BCUT2D eigenvalue weighted by Crippen LogP contribution is -2.26. The van der Waals surface area contributed by atoms with E-state index in [1.807, 2.05) is 42.5 Å². The zero-order chi connectivity index (χ0) is 22.2. The van der Waals surface area contributed by atoms with Crippen LogP contribution in [0.5, 0.6) is 0 Å². The fourth-order valence-corrected chi connectivity index (χ4v) is 4.44. The van der Waals surface area contributed by atoms with Gasteiger partial charge in [0, 0.05) is 23.4 Å². The summed E-state index contributed by atoms with van der Waals surface area (Å²) in [6.07, 6.45) is 0. The van der Waals surface area contributed by atoms with Crippen LogP contribution in [-0.2, 0) is 0 Å². The van der Waals surface area contributed by atoms with Gasteiger partial charge in [0.15, 0.2) is 0 Å². The van der Waals surface area contributed by atoms with Crippen LogP contribution in [0.3, 0.4) is 0 Å². The van der Waals surface area contributed by atoms with E-state index in [0.29, 0.717) is 11.7 Å². The van der Waals surface area contributed by atoms with Crippen molar-refractivity contribution in [2.75, 3.05) is 16.3 Å². The summed E-state index contributed by atoms with van der Waals surface area (Å²) in [7, 11) is 0. The largest absolute Gasteiger partial charge is 0.338 e. The minimum Gasteiger partial charge on any atom is -0.338 e. The fourth-order valence-electron chi connectivity index (χ4n) is 4.44. The van der Waals surface area contributed by atoms with Gasteiger partial charge in [-0.05, 0) is 55.5 Å². The second-order valence-corrected chi connectivity index (χ2v) is 7.89. The molecule has 1 aliphatic rings. The highest BCUT2D eigenvalue weighted by Gasteiger charge is 2.28. The number of anilines is 5. The molecule has 5 aromatic rings. The van der Waals surface area contributed by atoms with Crippen LogP contribution in [0.1, 0.15) is 6.92 Å². The average Bonchev–Trinajstić information content (AvgIpc) is 3.38. The molecule has 0 radical (unpaired) electrons. The van der Waals surface area contributed by atoms with Crippen LogP contribution in [0.4, 0.5) is 28.4 Å². The summed E-state index contributed by atoms with van der Waals surface area (Å²) >= 11 is 0. The highest BCUT2D eigenvalue weighted by molar-refractivity contribution is 5.97. The first-order valence-electron chi connectivity index (χ1n) is 11.1. The lowest BCUT2D eigenvalue weighted by atomic mass is 10.1. The molecule has 0 saturated heterocycles. The first-order chi connectivity index (χ1) is 16.3. The summed E-state index contributed by atoms with van der Waals surface area (Å²) in [4.78, 5) is 9.26. The van der Waals surface area contributed by atoms with Gasteiger partial charge in [-0.1, -0.05) is 59.8 Å². The third-order valence-electron chi connectivity index (χ3n) is 5.97. The zero-order valence-electron chi connectivity index (χ0n) is 18.2. The number of aromatic nitrogens is 2. The van der Waals surface area contributed by atoms with Gasteiger partial charge in [0.25, 0.3) is 5.89 Å². The van der Waals surface area contributed by atoms with E-state index >= 15 is 0 Å². The summed E-state index contributed by atoms with van der Waals surface area (Å²) in [6, 6.07) is 35.2. The Morgan fingerprint density at radius 1 is 0.636 bits per heavy atom. The Morgan fingerprint density at radius 2 is 1.21 bits per heavy atom. The summed E-state index contributed by atoms with van der Waals surface area (Å²) in [5.74, 6) is 1.10. The van der Waals surface area contributed by atoms with Crippen molar-refractivity contribution in [1.82, 2.24) is 10.1 Å². The van der Waals surface area contributed by atoms with Crippen LogP contribution in [0.15, 0.2) is 108 Å². The van der Waals surface area contributed by atoms with E-state index in [0.717, 1.165) is 34.7 Å². The molecule has 4 aromatic carbocycles. The number of para-hydroxylation sites is 4. The first-order valence-corrected chi connectivity index (χ1v) is 11.1. The van der Waals surface area contributed by atoms with Crippen LogP contribution in [-0.4, -0.2) is 16.7 Å². The quantitative estimate of drug-likeness (QED) is 0.298. The molecule has 1 aromatic heterocycles. The Balaban J connectivity index is 1.39. The van der Waals surface area contributed by atoms with Gasteiger partial charge in [-0.2, -0.15) is 4.98 Å². The Labute approximate surface area is 192 Å². The molecule has 33 heavy (non-hydrogen) atoms. The van der Waals surface area contributed by atoms with Crippen LogP contribution in [0, 0.1) is 0 Å². The molecule has 160 valence electrons. The number of fused-ring (bicyclic) bond motifs is 2. The molecule has 0 spiro atoms. The third-order valence-corrected chi connectivity index (χ3v) is 5.97. The maximum absolute atomic E-state index is 5.55. The van der Waals surface area contributed by atoms with Crippen LogP contribution < -0.4 is 9.80 Å². The van der Waals surface area contributed by atoms with E-state index in [9.17, 15) is 0 Å². The molecule has 0 atom stereocenters. The average molecular weight is 431 g/mol. The van der Waals surface area contributed by atoms with Gasteiger partial charge in [-0.25, -0.2) is 0 Å². The maximum Gasteiger partial charge on any atom is 0.258 e. The van der Waals surface area contributed by atoms with Gasteiger partial charge in [-0.15, -0.1) is 0 Å². The molecule has 0 unspecified atom stereocenters. The zero-order valence-corrected chi connectivity index (χ0v) is 18.2. The van der Waals surface area contributed by atoms with E-state index in [1.165, 1.54) is 11.4 Å². The summed E-state index contributed by atoms with van der Waals surface area (Å²) in [6.45, 7) is 3.09. The lowest BCUT2D eigenvalue weighted by Gasteiger charge is -2.39. The van der Waals surface area contributed by atoms with E-state index in [-0.39, 0.29) is 0 Å². The molecular formula is C28H22N4O. The van der Waals surface area contributed by atoms with Crippen molar-refractivity contribution in [3.05, 3.63) is 103 Å².